The first-order valence-corrected chi connectivity index (χ1v) is 8.67. The number of halogens is 2. The fraction of sp³-hybridized carbons (Fsp3) is 0.611. The maximum absolute atomic E-state index is 12.0. The van der Waals surface area contributed by atoms with Gasteiger partial charge in [0.15, 0.2) is 0 Å². The van der Waals surface area contributed by atoms with Crippen LogP contribution < -0.4 is 10.6 Å². The highest BCUT2D eigenvalue weighted by Crippen LogP contribution is 2.14. The predicted molar refractivity (Wildman–Crippen MR) is 105 cm³/mol. The minimum Gasteiger partial charge on any atom is -0.378 e. The zero-order valence-corrected chi connectivity index (χ0v) is 16.2. The van der Waals surface area contributed by atoms with Crippen molar-refractivity contribution >= 4 is 30.7 Å². The predicted octanol–water partition coefficient (Wildman–Crippen LogP) is 2.12. The molecule has 2 aliphatic rings. The van der Waals surface area contributed by atoms with Gasteiger partial charge in [-0.2, -0.15) is 0 Å². The van der Waals surface area contributed by atoms with E-state index in [2.05, 4.69) is 39.8 Å². The van der Waals surface area contributed by atoms with Gasteiger partial charge >= 0.3 is 0 Å². The molecule has 25 heavy (non-hydrogen) atoms. The summed E-state index contributed by atoms with van der Waals surface area (Å²) in [4.78, 5) is 14.5. The Bertz CT molecular complexity index is 519. The highest BCUT2D eigenvalue weighted by Gasteiger charge is 2.16. The zero-order chi connectivity index (χ0) is 15.9. The normalized spacial score (nSPS) is 20.4. The molecule has 2 N–H and O–H groups in total. The molecular weight excluding hydrogens is 361 g/mol. The summed E-state index contributed by atoms with van der Waals surface area (Å²) in [6.45, 7) is 6.22. The molecule has 0 aliphatic carbocycles. The van der Waals surface area contributed by atoms with E-state index in [0.717, 1.165) is 19.7 Å². The van der Waals surface area contributed by atoms with Crippen LogP contribution in [-0.4, -0.2) is 49.7 Å². The number of ether oxygens (including phenoxy) is 1. The summed E-state index contributed by atoms with van der Waals surface area (Å²) >= 11 is 0. The summed E-state index contributed by atoms with van der Waals surface area (Å²) in [5, 5.41) is 6.33. The van der Waals surface area contributed by atoms with Crippen molar-refractivity contribution in [3.8, 4) is 0 Å². The maximum atomic E-state index is 12.0. The third-order valence-electron chi connectivity index (χ3n) is 4.52. The largest absolute Gasteiger partial charge is 0.378 e. The summed E-state index contributed by atoms with van der Waals surface area (Å²) < 4.78 is 5.38. The topological polar surface area (TPSA) is 53.6 Å². The van der Waals surface area contributed by atoms with Gasteiger partial charge in [0.05, 0.1) is 13.2 Å². The minimum absolute atomic E-state index is 0. The Kier molecular flexibility index (Phi) is 10.4. The summed E-state index contributed by atoms with van der Waals surface area (Å²) in [5.74, 6) is 0.0814. The first-order valence-electron chi connectivity index (χ1n) is 8.67. The highest BCUT2D eigenvalue weighted by molar-refractivity contribution is 5.85. The van der Waals surface area contributed by atoms with Crippen LogP contribution in [0.25, 0.3) is 0 Å². The second kappa shape index (κ2) is 11.7. The number of benzene rings is 1. The standard InChI is InChI=1S/C18H27N3O2.2ClH/c22-18(11-17-14-23-9-6-19-17)20-12-15-4-3-5-16(10-15)13-21-7-1-2-8-21;;/h3-5,10,17,19H,1-2,6-9,11-14H2,(H,20,22);2*1H. The Balaban J connectivity index is 0.00000156. The minimum atomic E-state index is 0. The van der Waals surface area contributed by atoms with E-state index < -0.39 is 0 Å². The van der Waals surface area contributed by atoms with Crippen molar-refractivity contribution in [2.24, 2.45) is 0 Å². The van der Waals surface area contributed by atoms with Crippen LogP contribution >= 0.6 is 24.8 Å². The number of nitrogens with zero attached hydrogens (tertiary/aromatic N) is 1. The molecule has 0 spiro atoms. The average molecular weight is 390 g/mol. The molecule has 1 aromatic carbocycles. The Morgan fingerprint density at radius 3 is 2.72 bits per heavy atom. The summed E-state index contributed by atoms with van der Waals surface area (Å²) in [6, 6.07) is 8.69. The van der Waals surface area contributed by atoms with Crippen molar-refractivity contribution in [3.05, 3.63) is 35.4 Å². The van der Waals surface area contributed by atoms with Crippen molar-refractivity contribution in [1.29, 1.82) is 0 Å². The van der Waals surface area contributed by atoms with Gasteiger partial charge in [-0.15, -0.1) is 24.8 Å². The molecule has 0 radical (unpaired) electrons. The number of carbonyl (C=O) groups is 1. The van der Waals surface area contributed by atoms with Gasteiger partial charge in [0.2, 0.25) is 5.91 Å². The second-order valence-corrected chi connectivity index (χ2v) is 6.51. The van der Waals surface area contributed by atoms with Crippen molar-refractivity contribution < 1.29 is 9.53 Å². The van der Waals surface area contributed by atoms with Crippen LogP contribution in [0.1, 0.15) is 30.4 Å². The van der Waals surface area contributed by atoms with Gasteiger partial charge in [0.1, 0.15) is 0 Å². The van der Waals surface area contributed by atoms with Gasteiger partial charge in [-0.3, -0.25) is 9.69 Å². The van der Waals surface area contributed by atoms with E-state index in [1.165, 1.54) is 37.1 Å². The van der Waals surface area contributed by atoms with E-state index >= 15 is 0 Å². The number of hydrogen-bond donors (Lipinski definition) is 2. The molecule has 2 heterocycles. The molecule has 1 unspecified atom stereocenters. The van der Waals surface area contributed by atoms with Gasteiger partial charge in [0, 0.05) is 32.1 Å². The van der Waals surface area contributed by atoms with Crippen LogP contribution in [0.5, 0.6) is 0 Å². The first-order chi connectivity index (χ1) is 11.3. The van der Waals surface area contributed by atoms with Gasteiger partial charge < -0.3 is 15.4 Å². The molecule has 1 amide bonds. The Morgan fingerprint density at radius 2 is 2.00 bits per heavy atom. The molecule has 2 saturated heterocycles. The van der Waals surface area contributed by atoms with E-state index in [1.807, 2.05) is 0 Å². The molecule has 0 saturated carbocycles. The summed E-state index contributed by atoms with van der Waals surface area (Å²) in [7, 11) is 0. The lowest BCUT2D eigenvalue weighted by Crippen LogP contribution is -2.44. The van der Waals surface area contributed by atoms with Crippen LogP contribution in [0.2, 0.25) is 0 Å². The fourth-order valence-corrected chi connectivity index (χ4v) is 3.28. The quantitative estimate of drug-likeness (QED) is 0.782. The van der Waals surface area contributed by atoms with Crippen molar-refractivity contribution in [2.75, 3.05) is 32.8 Å². The van der Waals surface area contributed by atoms with E-state index in [9.17, 15) is 4.79 Å². The number of rotatable bonds is 6. The van der Waals surface area contributed by atoms with Crippen LogP contribution in [-0.2, 0) is 22.6 Å². The summed E-state index contributed by atoms with van der Waals surface area (Å²) in [5.41, 5.74) is 2.50. The number of amides is 1. The van der Waals surface area contributed by atoms with Gasteiger partial charge in [-0.05, 0) is 37.1 Å². The summed E-state index contributed by atoms with van der Waals surface area (Å²) in [6.07, 6.45) is 3.11. The van der Waals surface area contributed by atoms with E-state index in [4.69, 9.17) is 4.74 Å². The number of nitrogens with one attached hydrogen (secondary N) is 2. The average Bonchev–Trinajstić information content (AvgIpc) is 3.07. The van der Waals surface area contributed by atoms with Crippen molar-refractivity contribution in [3.63, 3.8) is 0 Å². The van der Waals surface area contributed by atoms with Crippen LogP contribution in [0.4, 0.5) is 0 Å². The van der Waals surface area contributed by atoms with Gasteiger partial charge in [-0.25, -0.2) is 0 Å². The molecule has 0 bridgehead atoms. The van der Waals surface area contributed by atoms with Crippen molar-refractivity contribution in [2.45, 2.75) is 38.4 Å². The van der Waals surface area contributed by atoms with Crippen LogP contribution in [0.15, 0.2) is 24.3 Å². The van der Waals surface area contributed by atoms with Gasteiger partial charge in [-0.1, -0.05) is 24.3 Å². The zero-order valence-electron chi connectivity index (χ0n) is 14.5. The highest BCUT2D eigenvalue weighted by atomic mass is 35.5. The molecule has 142 valence electrons. The van der Waals surface area contributed by atoms with E-state index in [1.54, 1.807) is 0 Å². The molecule has 1 aromatic rings. The molecule has 1 atom stereocenters. The number of hydrogen-bond acceptors (Lipinski definition) is 4. The fourth-order valence-electron chi connectivity index (χ4n) is 3.28. The molecule has 5 nitrogen and oxygen atoms in total. The molecule has 7 heteroatoms. The lowest BCUT2D eigenvalue weighted by molar-refractivity contribution is -0.122. The molecular formula is C18H29Cl2N3O2. The lowest BCUT2D eigenvalue weighted by atomic mass is 10.1. The molecule has 0 aromatic heterocycles. The van der Waals surface area contributed by atoms with E-state index in [0.29, 0.717) is 19.6 Å². The monoisotopic (exact) mass is 389 g/mol. The second-order valence-electron chi connectivity index (χ2n) is 6.51. The molecule has 3 rings (SSSR count). The van der Waals surface area contributed by atoms with Crippen LogP contribution in [0.3, 0.4) is 0 Å². The number of morpholine rings is 1. The smallest absolute Gasteiger partial charge is 0.221 e. The third-order valence-corrected chi connectivity index (χ3v) is 4.52. The maximum Gasteiger partial charge on any atom is 0.221 e. The number of carbonyl (C=O) groups excluding carboxylic acids is 1. The first kappa shape index (κ1) is 22.2. The van der Waals surface area contributed by atoms with Crippen LogP contribution in [0, 0.1) is 0 Å². The van der Waals surface area contributed by atoms with E-state index in [-0.39, 0.29) is 36.8 Å². The molecule has 2 fully saturated rings. The number of likely N-dealkylation sites (tertiary alicyclic amines) is 1. The molecule has 2 aliphatic heterocycles. The Labute approximate surface area is 162 Å². The van der Waals surface area contributed by atoms with Gasteiger partial charge in [0.25, 0.3) is 0 Å². The lowest BCUT2D eigenvalue weighted by Gasteiger charge is -2.23. The van der Waals surface area contributed by atoms with Crippen molar-refractivity contribution in [1.82, 2.24) is 15.5 Å². The SMILES string of the molecule is Cl.Cl.O=C(CC1COCCN1)NCc1cccc(CN2CCCC2)c1. The Hall–Kier alpha value is -0.850. The third kappa shape index (κ3) is 7.50. The Morgan fingerprint density at radius 1 is 1.24 bits per heavy atom.